The predicted octanol–water partition coefficient (Wildman–Crippen LogP) is 1.19. The van der Waals surface area contributed by atoms with Crippen LogP contribution in [0.3, 0.4) is 0 Å². The van der Waals surface area contributed by atoms with Gasteiger partial charge in [-0.25, -0.2) is 0 Å². The number of carbonyl (C=O) groups is 1. The number of rotatable bonds is 5. The third-order valence-corrected chi connectivity index (χ3v) is 1.51. The Morgan fingerprint density at radius 2 is 2.36 bits per heavy atom. The van der Waals surface area contributed by atoms with Crippen LogP contribution < -0.4 is 5.32 Å². The number of carbonyl (C=O) groups excluding carboxylic acids is 1. The quantitative estimate of drug-likeness (QED) is 0.557. The molecular formula is C7H11BrN2O. The van der Waals surface area contributed by atoms with Gasteiger partial charge in [0.2, 0.25) is 5.91 Å². The average Bonchev–Trinajstić information content (AvgIpc) is 1.99. The summed E-state index contributed by atoms with van der Waals surface area (Å²) in [5.74, 6) is 0.0415. The number of nitrogens with one attached hydrogen (secondary N) is 1. The van der Waals surface area contributed by atoms with E-state index >= 15 is 0 Å². The first-order chi connectivity index (χ1) is 5.31. The minimum absolute atomic E-state index is 0.0415. The van der Waals surface area contributed by atoms with Gasteiger partial charge in [-0.1, -0.05) is 15.9 Å². The Hall–Kier alpha value is -0.560. The van der Waals surface area contributed by atoms with E-state index in [1.165, 1.54) is 0 Å². The minimum Gasteiger partial charge on any atom is -0.356 e. The fourth-order valence-corrected chi connectivity index (χ4v) is 0.930. The van der Waals surface area contributed by atoms with Crippen molar-refractivity contribution in [3.63, 3.8) is 0 Å². The van der Waals surface area contributed by atoms with Crippen LogP contribution in [-0.4, -0.2) is 17.8 Å². The highest BCUT2D eigenvalue weighted by molar-refractivity contribution is 9.09. The average molecular weight is 219 g/mol. The fourth-order valence-electron chi connectivity index (χ4n) is 0.569. The molecule has 0 aromatic carbocycles. The van der Waals surface area contributed by atoms with Crippen molar-refractivity contribution in [2.45, 2.75) is 19.3 Å². The summed E-state index contributed by atoms with van der Waals surface area (Å²) in [4.78, 5) is 10.8. The number of amides is 1. The van der Waals surface area contributed by atoms with E-state index in [1.807, 2.05) is 6.07 Å². The molecule has 0 saturated carbocycles. The van der Waals surface area contributed by atoms with Gasteiger partial charge in [-0.15, -0.1) is 0 Å². The lowest BCUT2D eigenvalue weighted by Gasteiger charge is -2.00. The smallest absolute Gasteiger partial charge is 0.220 e. The second-order valence-corrected chi connectivity index (χ2v) is 2.84. The van der Waals surface area contributed by atoms with Gasteiger partial charge in [0, 0.05) is 24.7 Å². The van der Waals surface area contributed by atoms with Crippen LogP contribution in [0, 0.1) is 11.3 Å². The molecule has 0 radical (unpaired) electrons. The molecule has 0 fully saturated rings. The Morgan fingerprint density at radius 1 is 1.64 bits per heavy atom. The summed E-state index contributed by atoms with van der Waals surface area (Å²) in [6, 6.07) is 2.01. The van der Waals surface area contributed by atoms with E-state index in [2.05, 4.69) is 21.2 Å². The van der Waals surface area contributed by atoms with Crippen LogP contribution in [0.2, 0.25) is 0 Å². The predicted molar refractivity (Wildman–Crippen MR) is 46.3 cm³/mol. The molecule has 0 aliphatic carbocycles. The van der Waals surface area contributed by atoms with Gasteiger partial charge in [0.05, 0.1) is 6.07 Å². The Balaban J connectivity index is 3.12. The van der Waals surface area contributed by atoms with E-state index in [9.17, 15) is 4.79 Å². The monoisotopic (exact) mass is 218 g/mol. The first-order valence-electron chi connectivity index (χ1n) is 3.51. The van der Waals surface area contributed by atoms with E-state index < -0.39 is 0 Å². The highest BCUT2D eigenvalue weighted by Crippen LogP contribution is 1.88. The van der Waals surface area contributed by atoms with Crippen LogP contribution in [0.5, 0.6) is 0 Å². The molecular weight excluding hydrogens is 208 g/mol. The second-order valence-electron chi connectivity index (χ2n) is 2.05. The standard InChI is InChI=1S/C7H11BrN2O/c8-4-3-7(11)10-6-2-1-5-9/h1-4,6H2,(H,10,11). The maximum Gasteiger partial charge on any atom is 0.220 e. The number of unbranched alkanes of at least 4 members (excludes halogenated alkanes) is 1. The van der Waals surface area contributed by atoms with Crippen molar-refractivity contribution in [1.82, 2.24) is 5.32 Å². The van der Waals surface area contributed by atoms with Crippen LogP contribution in [0.4, 0.5) is 0 Å². The summed E-state index contributed by atoms with van der Waals surface area (Å²) in [7, 11) is 0. The molecule has 0 aromatic rings. The number of hydrogen-bond donors (Lipinski definition) is 1. The van der Waals surface area contributed by atoms with Crippen LogP contribution in [0.25, 0.3) is 0 Å². The Bertz CT molecular complexity index is 153. The van der Waals surface area contributed by atoms with E-state index in [-0.39, 0.29) is 5.91 Å². The van der Waals surface area contributed by atoms with Gasteiger partial charge in [-0.05, 0) is 6.42 Å². The first-order valence-corrected chi connectivity index (χ1v) is 4.63. The van der Waals surface area contributed by atoms with Gasteiger partial charge >= 0.3 is 0 Å². The van der Waals surface area contributed by atoms with Crippen molar-refractivity contribution in [2.75, 3.05) is 11.9 Å². The van der Waals surface area contributed by atoms with Gasteiger partial charge < -0.3 is 5.32 Å². The molecule has 0 spiro atoms. The molecule has 0 unspecified atom stereocenters. The highest BCUT2D eigenvalue weighted by atomic mass is 79.9. The fraction of sp³-hybridized carbons (Fsp3) is 0.714. The molecule has 0 heterocycles. The number of nitriles is 1. The third-order valence-electron chi connectivity index (χ3n) is 1.11. The van der Waals surface area contributed by atoms with E-state index in [0.29, 0.717) is 24.7 Å². The van der Waals surface area contributed by atoms with Crippen LogP contribution in [-0.2, 0) is 4.79 Å². The molecule has 3 nitrogen and oxygen atoms in total. The zero-order valence-corrected chi connectivity index (χ0v) is 7.85. The zero-order valence-electron chi connectivity index (χ0n) is 6.27. The molecule has 11 heavy (non-hydrogen) atoms. The lowest BCUT2D eigenvalue weighted by molar-refractivity contribution is -0.120. The number of nitrogens with zero attached hydrogens (tertiary/aromatic N) is 1. The van der Waals surface area contributed by atoms with E-state index in [1.54, 1.807) is 0 Å². The van der Waals surface area contributed by atoms with Crippen molar-refractivity contribution in [3.05, 3.63) is 0 Å². The molecule has 0 atom stereocenters. The van der Waals surface area contributed by atoms with Gasteiger partial charge in [-0.2, -0.15) is 5.26 Å². The van der Waals surface area contributed by atoms with Crippen LogP contribution >= 0.6 is 15.9 Å². The Kier molecular flexibility index (Phi) is 7.16. The highest BCUT2D eigenvalue weighted by Gasteiger charge is 1.96. The maximum atomic E-state index is 10.8. The Morgan fingerprint density at radius 3 is 2.91 bits per heavy atom. The van der Waals surface area contributed by atoms with Crippen molar-refractivity contribution >= 4 is 21.8 Å². The molecule has 0 aromatic heterocycles. The zero-order chi connectivity index (χ0) is 8.53. The topological polar surface area (TPSA) is 52.9 Å². The summed E-state index contributed by atoms with van der Waals surface area (Å²) >= 11 is 3.16. The summed E-state index contributed by atoms with van der Waals surface area (Å²) in [5, 5.41) is 11.6. The van der Waals surface area contributed by atoms with E-state index in [0.717, 1.165) is 6.42 Å². The number of halogens is 1. The van der Waals surface area contributed by atoms with Gasteiger partial charge in [0.1, 0.15) is 0 Å². The first kappa shape index (κ1) is 10.4. The largest absolute Gasteiger partial charge is 0.356 e. The number of alkyl halides is 1. The Labute approximate surface area is 74.9 Å². The molecule has 4 heteroatoms. The molecule has 0 aliphatic rings. The van der Waals surface area contributed by atoms with Gasteiger partial charge in [-0.3, -0.25) is 4.79 Å². The maximum absolute atomic E-state index is 10.8. The molecule has 0 bridgehead atoms. The SMILES string of the molecule is N#CCCCNC(=O)CCBr. The lowest BCUT2D eigenvalue weighted by Crippen LogP contribution is -2.24. The molecule has 62 valence electrons. The molecule has 0 aliphatic heterocycles. The molecule has 0 saturated heterocycles. The van der Waals surface area contributed by atoms with Crippen LogP contribution in [0.15, 0.2) is 0 Å². The summed E-state index contributed by atoms with van der Waals surface area (Å²) in [6.07, 6.45) is 1.76. The van der Waals surface area contributed by atoms with Crippen molar-refractivity contribution in [2.24, 2.45) is 0 Å². The second kappa shape index (κ2) is 7.55. The lowest BCUT2D eigenvalue weighted by atomic mass is 10.3. The third kappa shape index (κ3) is 7.34. The normalized spacial score (nSPS) is 8.73. The van der Waals surface area contributed by atoms with Crippen LogP contribution in [0.1, 0.15) is 19.3 Å². The molecule has 1 N–H and O–H groups in total. The molecule has 1 amide bonds. The van der Waals surface area contributed by atoms with Crippen molar-refractivity contribution in [1.29, 1.82) is 5.26 Å². The molecule has 0 rings (SSSR count). The minimum atomic E-state index is 0.0415. The number of hydrogen-bond acceptors (Lipinski definition) is 2. The van der Waals surface area contributed by atoms with E-state index in [4.69, 9.17) is 5.26 Å². The summed E-state index contributed by atoms with van der Waals surface area (Å²) < 4.78 is 0. The van der Waals surface area contributed by atoms with Crippen molar-refractivity contribution in [3.8, 4) is 6.07 Å². The summed E-state index contributed by atoms with van der Waals surface area (Å²) in [5.41, 5.74) is 0. The van der Waals surface area contributed by atoms with Gasteiger partial charge in [0.25, 0.3) is 0 Å². The van der Waals surface area contributed by atoms with Gasteiger partial charge in [0.15, 0.2) is 0 Å². The van der Waals surface area contributed by atoms with Crippen molar-refractivity contribution < 1.29 is 4.79 Å². The summed E-state index contributed by atoms with van der Waals surface area (Å²) in [6.45, 7) is 0.611.